The maximum absolute atomic E-state index is 11.0. The minimum atomic E-state index is -0.764. The van der Waals surface area contributed by atoms with E-state index in [0.29, 0.717) is 26.3 Å². The number of nitrogens with zero attached hydrogens (tertiary/aromatic N) is 2. The van der Waals surface area contributed by atoms with E-state index in [2.05, 4.69) is 4.74 Å². The molecule has 2 heterocycles. The van der Waals surface area contributed by atoms with Crippen molar-refractivity contribution in [1.82, 2.24) is 4.90 Å². The van der Waals surface area contributed by atoms with E-state index < -0.39 is 12.4 Å². The molecule has 2 aliphatic heterocycles. The van der Waals surface area contributed by atoms with Crippen molar-refractivity contribution in [2.24, 2.45) is 0 Å². The molecule has 0 bridgehead atoms. The van der Waals surface area contributed by atoms with Crippen LogP contribution in [-0.2, 0) is 9.47 Å². The van der Waals surface area contributed by atoms with Gasteiger partial charge in [-0.2, -0.15) is 0 Å². The van der Waals surface area contributed by atoms with E-state index >= 15 is 0 Å². The van der Waals surface area contributed by atoms with Gasteiger partial charge in [-0.15, -0.1) is 0 Å². The summed E-state index contributed by atoms with van der Waals surface area (Å²) >= 11 is 0. The van der Waals surface area contributed by atoms with Crippen molar-refractivity contribution < 1.29 is 19.0 Å². The Bertz CT molecular complexity index is 206. The van der Waals surface area contributed by atoms with Crippen molar-refractivity contribution in [2.75, 3.05) is 26.3 Å². The fourth-order valence-electron chi connectivity index (χ4n) is 1.29. The summed E-state index contributed by atoms with van der Waals surface area (Å²) in [6.07, 6.45) is -1.23. The standard InChI is InChI=1S/C6H9N2O4/c9-6-7(1-3-12-6)5-8(10)2-4-11-5/h5H,1-4H2/q+1. The number of carbonyl (C=O) groups excluding carboxylic acids is 1. The zero-order chi connectivity index (χ0) is 8.55. The number of amides is 1. The van der Waals surface area contributed by atoms with Gasteiger partial charge in [-0.1, -0.05) is 0 Å². The van der Waals surface area contributed by atoms with Crippen LogP contribution in [0.15, 0.2) is 0 Å². The van der Waals surface area contributed by atoms with E-state index in [1.807, 2.05) is 0 Å². The predicted octanol–water partition coefficient (Wildman–Crippen LogP) is -0.469. The maximum Gasteiger partial charge on any atom is 0.417 e. The molecule has 0 N–H and O–H groups in total. The molecule has 0 aromatic carbocycles. The first-order chi connectivity index (χ1) is 5.79. The van der Waals surface area contributed by atoms with Gasteiger partial charge in [-0.25, -0.2) is 9.69 Å². The number of ether oxygens (including phenoxy) is 2. The summed E-state index contributed by atoms with van der Waals surface area (Å²) in [5.74, 6) is 0. The molecule has 2 rings (SSSR count). The van der Waals surface area contributed by atoms with Crippen molar-refractivity contribution in [3.8, 4) is 0 Å². The Hall–Kier alpha value is -1.17. The molecule has 0 saturated carbocycles. The van der Waals surface area contributed by atoms with Gasteiger partial charge in [0.15, 0.2) is 0 Å². The molecule has 0 aromatic rings. The van der Waals surface area contributed by atoms with Gasteiger partial charge in [-0.05, 0) is 0 Å². The van der Waals surface area contributed by atoms with Crippen molar-refractivity contribution >= 4 is 6.09 Å². The van der Waals surface area contributed by atoms with Crippen LogP contribution in [0.25, 0.3) is 0 Å². The van der Waals surface area contributed by atoms with Crippen LogP contribution in [0.3, 0.4) is 0 Å². The normalized spacial score (nSPS) is 29.7. The largest absolute Gasteiger partial charge is 0.447 e. The summed E-state index contributed by atoms with van der Waals surface area (Å²) in [6, 6.07) is 0. The summed E-state index contributed by atoms with van der Waals surface area (Å²) in [5.41, 5.74) is 0. The van der Waals surface area contributed by atoms with Crippen molar-refractivity contribution in [1.29, 1.82) is 0 Å². The predicted molar refractivity (Wildman–Crippen MR) is 36.3 cm³/mol. The van der Waals surface area contributed by atoms with Gasteiger partial charge in [-0.3, -0.25) is 4.74 Å². The number of carbonyl (C=O) groups is 1. The lowest BCUT2D eigenvalue weighted by atomic mass is 10.6. The molecule has 1 amide bonds. The zero-order valence-corrected chi connectivity index (χ0v) is 6.43. The molecule has 0 spiro atoms. The third-order valence-electron chi connectivity index (χ3n) is 1.88. The Morgan fingerprint density at radius 3 is 2.83 bits per heavy atom. The van der Waals surface area contributed by atoms with Crippen LogP contribution < -0.4 is 0 Å². The maximum atomic E-state index is 11.0. The van der Waals surface area contributed by atoms with E-state index in [4.69, 9.17) is 4.74 Å². The van der Waals surface area contributed by atoms with Gasteiger partial charge in [0.25, 0.3) is 0 Å². The highest BCUT2D eigenvalue weighted by atomic mass is 16.6. The SMILES string of the molecule is O=C1OCCN1C1OCC[N+]1=O. The number of rotatable bonds is 1. The summed E-state index contributed by atoms with van der Waals surface area (Å²) in [5, 5.41) is 0. The molecule has 66 valence electrons. The molecule has 6 heteroatoms. The quantitative estimate of drug-likeness (QED) is 0.503. The molecule has 2 saturated heterocycles. The Morgan fingerprint density at radius 1 is 1.50 bits per heavy atom. The Morgan fingerprint density at radius 2 is 2.33 bits per heavy atom. The second-order valence-electron chi connectivity index (χ2n) is 2.65. The molecule has 12 heavy (non-hydrogen) atoms. The zero-order valence-electron chi connectivity index (χ0n) is 6.43. The van der Waals surface area contributed by atoms with E-state index in [0.717, 1.165) is 4.76 Å². The Kier molecular flexibility index (Phi) is 1.69. The molecular weight excluding hydrogens is 164 g/mol. The second kappa shape index (κ2) is 2.71. The minimum absolute atomic E-state index is 0.314. The van der Waals surface area contributed by atoms with Crippen molar-refractivity contribution in [2.45, 2.75) is 6.35 Å². The molecule has 0 radical (unpaired) electrons. The highest BCUT2D eigenvalue weighted by Gasteiger charge is 2.44. The lowest BCUT2D eigenvalue weighted by Gasteiger charge is -2.11. The summed E-state index contributed by atoms with van der Waals surface area (Å²) in [7, 11) is 0. The summed E-state index contributed by atoms with van der Waals surface area (Å²) in [6.45, 7) is 1.46. The van der Waals surface area contributed by atoms with Gasteiger partial charge in [0, 0.05) is 4.91 Å². The third kappa shape index (κ3) is 1.04. The number of nitroso groups, excluding NO2 is 1. The van der Waals surface area contributed by atoms with Gasteiger partial charge in [0.2, 0.25) is 6.54 Å². The average Bonchev–Trinajstić information content (AvgIpc) is 2.59. The second-order valence-corrected chi connectivity index (χ2v) is 2.65. The monoisotopic (exact) mass is 173 g/mol. The first-order valence-electron chi connectivity index (χ1n) is 3.78. The minimum Gasteiger partial charge on any atom is -0.447 e. The van der Waals surface area contributed by atoms with Crippen LogP contribution >= 0.6 is 0 Å². The lowest BCUT2D eigenvalue weighted by molar-refractivity contribution is -0.610. The Balaban J connectivity index is 2.08. The highest BCUT2D eigenvalue weighted by molar-refractivity contribution is 5.69. The molecule has 1 atom stereocenters. The molecule has 1 unspecified atom stereocenters. The molecule has 0 aliphatic carbocycles. The smallest absolute Gasteiger partial charge is 0.417 e. The van der Waals surface area contributed by atoms with Crippen LogP contribution in [-0.4, -0.2) is 48.4 Å². The summed E-state index contributed by atoms with van der Waals surface area (Å²) < 4.78 is 10.5. The molecule has 0 aromatic heterocycles. The lowest BCUT2D eigenvalue weighted by Crippen LogP contribution is -2.40. The van der Waals surface area contributed by atoms with E-state index in [1.54, 1.807) is 0 Å². The molecular formula is C6H9N2O4+. The number of cyclic esters (lactones) is 1. The van der Waals surface area contributed by atoms with Crippen LogP contribution in [0.5, 0.6) is 0 Å². The van der Waals surface area contributed by atoms with Crippen LogP contribution in [0.1, 0.15) is 0 Å². The third-order valence-corrected chi connectivity index (χ3v) is 1.88. The summed E-state index contributed by atoms with van der Waals surface area (Å²) in [4.78, 5) is 23.3. The first-order valence-corrected chi connectivity index (χ1v) is 3.78. The average molecular weight is 173 g/mol. The van der Waals surface area contributed by atoms with Crippen LogP contribution in [0.2, 0.25) is 0 Å². The molecule has 6 nitrogen and oxygen atoms in total. The highest BCUT2D eigenvalue weighted by Crippen LogP contribution is 2.14. The van der Waals surface area contributed by atoms with E-state index in [1.165, 1.54) is 4.90 Å². The van der Waals surface area contributed by atoms with Crippen molar-refractivity contribution in [3.05, 3.63) is 4.91 Å². The van der Waals surface area contributed by atoms with Gasteiger partial charge < -0.3 is 4.74 Å². The van der Waals surface area contributed by atoms with E-state index in [-0.39, 0.29) is 0 Å². The number of hydrogen-bond acceptors (Lipinski definition) is 4. The van der Waals surface area contributed by atoms with Gasteiger partial charge >= 0.3 is 12.4 Å². The van der Waals surface area contributed by atoms with Crippen LogP contribution in [0, 0.1) is 4.91 Å². The number of hydrogen-bond donors (Lipinski definition) is 0. The van der Waals surface area contributed by atoms with Gasteiger partial charge in [0.1, 0.15) is 13.2 Å². The van der Waals surface area contributed by atoms with Crippen molar-refractivity contribution in [3.63, 3.8) is 0 Å². The topological polar surface area (TPSA) is 58.8 Å². The van der Waals surface area contributed by atoms with Crippen LogP contribution in [0.4, 0.5) is 4.79 Å². The Labute approximate surface area is 68.6 Å². The van der Waals surface area contributed by atoms with E-state index in [9.17, 15) is 9.70 Å². The first kappa shape index (κ1) is 7.48. The fraction of sp³-hybridized carbons (Fsp3) is 0.833. The fourth-order valence-corrected chi connectivity index (χ4v) is 1.29. The van der Waals surface area contributed by atoms with Gasteiger partial charge in [0.05, 0.1) is 11.3 Å². The molecule has 2 aliphatic rings. The molecule has 2 fully saturated rings.